The Morgan fingerprint density at radius 2 is 1.69 bits per heavy atom. The summed E-state index contributed by atoms with van der Waals surface area (Å²) in [5, 5.41) is 11.5. The van der Waals surface area contributed by atoms with Crippen molar-refractivity contribution in [2.24, 2.45) is 0 Å². The lowest BCUT2D eigenvalue weighted by Crippen LogP contribution is -2.47. The van der Waals surface area contributed by atoms with E-state index < -0.39 is 12.2 Å². The Bertz CT molecular complexity index is 907. The Morgan fingerprint density at radius 1 is 0.962 bits per heavy atom. The Hall–Kier alpha value is -2.97. The standard InChI is InChI=1S/C17H18F2N6O/c1-26-13-5-3-2-4-12(13)23-8-10-24(11-9-23)15-7-6-14-20-21-17(16(18)19)25(14)22-15/h2-7,16H,8-11H2,1H3. The minimum absolute atomic E-state index is 0.316. The van der Waals surface area contributed by atoms with Crippen LogP contribution in [0, 0.1) is 0 Å². The minimum Gasteiger partial charge on any atom is -0.495 e. The van der Waals surface area contributed by atoms with Crippen LogP contribution in [0.4, 0.5) is 20.3 Å². The molecule has 3 heterocycles. The monoisotopic (exact) mass is 360 g/mol. The van der Waals surface area contributed by atoms with Crippen LogP contribution in [-0.2, 0) is 0 Å². The summed E-state index contributed by atoms with van der Waals surface area (Å²) in [6.07, 6.45) is -2.71. The fourth-order valence-electron chi connectivity index (χ4n) is 3.17. The number of piperazine rings is 1. The first kappa shape index (κ1) is 16.5. The van der Waals surface area contributed by atoms with Gasteiger partial charge in [0.1, 0.15) is 11.6 Å². The number of methoxy groups -OCH3 is 1. The van der Waals surface area contributed by atoms with Crippen LogP contribution < -0.4 is 14.5 Å². The maximum Gasteiger partial charge on any atom is 0.299 e. The van der Waals surface area contributed by atoms with Crippen molar-refractivity contribution in [3.63, 3.8) is 0 Å². The first-order chi connectivity index (χ1) is 12.7. The number of fused-ring (bicyclic) bond motifs is 1. The molecule has 1 saturated heterocycles. The predicted molar refractivity (Wildman–Crippen MR) is 93.2 cm³/mol. The first-order valence-electron chi connectivity index (χ1n) is 8.31. The summed E-state index contributed by atoms with van der Waals surface area (Å²) in [5.41, 5.74) is 1.37. The second-order valence-electron chi connectivity index (χ2n) is 5.97. The second kappa shape index (κ2) is 6.74. The minimum atomic E-state index is -2.71. The molecule has 1 aromatic carbocycles. The molecule has 136 valence electrons. The van der Waals surface area contributed by atoms with Gasteiger partial charge < -0.3 is 14.5 Å². The van der Waals surface area contributed by atoms with Crippen molar-refractivity contribution in [3.05, 3.63) is 42.2 Å². The topological polar surface area (TPSA) is 58.8 Å². The van der Waals surface area contributed by atoms with Gasteiger partial charge in [0.25, 0.3) is 6.43 Å². The molecule has 0 spiro atoms. The van der Waals surface area contributed by atoms with Gasteiger partial charge in [-0.05, 0) is 24.3 Å². The molecule has 0 saturated carbocycles. The number of ether oxygens (including phenoxy) is 1. The van der Waals surface area contributed by atoms with Crippen LogP contribution >= 0.6 is 0 Å². The summed E-state index contributed by atoms with van der Waals surface area (Å²) in [4.78, 5) is 4.32. The lowest BCUT2D eigenvalue weighted by Gasteiger charge is -2.37. The summed E-state index contributed by atoms with van der Waals surface area (Å²) < 4.78 is 32.6. The van der Waals surface area contributed by atoms with Crippen LogP contribution in [0.1, 0.15) is 12.2 Å². The second-order valence-corrected chi connectivity index (χ2v) is 5.97. The van der Waals surface area contributed by atoms with Crippen LogP contribution in [0.25, 0.3) is 5.65 Å². The molecule has 26 heavy (non-hydrogen) atoms. The highest BCUT2D eigenvalue weighted by atomic mass is 19.3. The van der Waals surface area contributed by atoms with E-state index in [1.165, 1.54) is 0 Å². The molecule has 1 aliphatic rings. The molecule has 0 radical (unpaired) electrons. The van der Waals surface area contributed by atoms with Crippen LogP contribution in [0.2, 0.25) is 0 Å². The number of para-hydroxylation sites is 2. The van der Waals surface area contributed by atoms with Gasteiger partial charge >= 0.3 is 0 Å². The van der Waals surface area contributed by atoms with Gasteiger partial charge in [-0.2, -0.15) is 4.52 Å². The van der Waals surface area contributed by atoms with Crippen molar-refractivity contribution in [2.45, 2.75) is 6.43 Å². The van der Waals surface area contributed by atoms with Gasteiger partial charge in [0.05, 0.1) is 12.8 Å². The van der Waals surface area contributed by atoms with Crippen molar-refractivity contribution < 1.29 is 13.5 Å². The zero-order valence-electron chi connectivity index (χ0n) is 14.2. The predicted octanol–water partition coefficient (Wildman–Crippen LogP) is 2.40. The number of benzene rings is 1. The van der Waals surface area contributed by atoms with E-state index in [1.807, 2.05) is 24.3 Å². The Kier molecular flexibility index (Phi) is 4.27. The van der Waals surface area contributed by atoms with Crippen LogP contribution in [0.3, 0.4) is 0 Å². The molecule has 4 rings (SSSR count). The molecule has 0 aliphatic carbocycles. The molecule has 1 fully saturated rings. The quantitative estimate of drug-likeness (QED) is 0.712. The smallest absolute Gasteiger partial charge is 0.299 e. The van der Waals surface area contributed by atoms with Crippen LogP contribution in [0.5, 0.6) is 5.75 Å². The van der Waals surface area contributed by atoms with Gasteiger partial charge in [-0.15, -0.1) is 15.3 Å². The van der Waals surface area contributed by atoms with Gasteiger partial charge in [-0.1, -0.05) is 12.1 Å². The van der Waals surface area contributed by atoms with Gasteiger partial charge in [0, 0.05) is 26.2 Å². The number of anilines is 2. The maximum absolute atomic E-state index is 13.0. The number of aromatic nitrogens is 4. The van der Waals surface area contributed by atoms with E-state index in [4.69, 9.17) is 4.74 Å². The Morgan fingerprint density at radius 3 is 2.42 bits per heavy atom. The third-order valence-corrected chi connectivity index (χ3v) is 4.50. The molecule has 0 bridgehead atoms. The molecule has 0 atom stereocenters. The van der Waals surface area contributed by atoms with E-state index in [9.17, 15) is 8.78 Å². The molecule has 0 unspecified atom stereocenters. The summed E-state index contributed by atoms with van der Waals surface area (Å²) in [5.74, 6) is 1.04. The third kappa shape index (κ3) is 2.89. The fraction of sp³-hybridized carbons (Fsp3) is 0.353. The largest absolute Gasteiger partial charge is 0.495 e. The number of hydrogen-bond donors (Lipinski definition) is 0. The molecule has 3 aromatic rings. The maximum atomic E-state index is 13.0. The summed E-state index contributed by atoms with van der Waals surface area (Å²) in [7, 11) is 1.66. The highest BCUT2D eigenvalue weighted by Crippen LogP contribution is 2.29. The zero-order valence-corrected chi connectivity index (χ0v) is 14.2. The molecular formula is C17H18F2N6O. The van der Waals surface area contributed by atoms with Gasteiger partial charge in [0.15, 0.2) is 5.65 Å². The van der Waals surface area contributed by atoms with Crippen molar-refractivity contribution in [1.29, 1.82) is 0 Å². The highest BCUT2D eigenvalue weighted by molar-refractivity contribution is 5.59. The lowest BCUT2D eigenvalue weighted by atomic mass is 10.2. The average molecular weight is 360 g/mol. The van der Waals surface area contributed by atoms with Gasteiger partial charge in [-0.3, -0.25) is 0 Å². The van der Waals surface area contributed by atoms with Crippen LogP contribution in [-0.4, -0.2) is 53.1 Å². The molecule has 0 amide bonds. The zero-order chi connectivity index (χ0) is 18.1. The molecule has 0 N–H and O–H groups in total. The summed E-state index contributed by atoms with van der Waals surface area (Å²) in [6.45, 7) is 3.01. The Labute approximate surface area is 148 Å². The molecular weight excluding hydrogens is 342 g/mol. The third-order valence-electron chi connectivity index (χ3n) is 4.50. The van der Waals surface area contributed by atoms with E-state index in [-0.39, 0.29) is 0 Å². The molecule has 7 nitrogen and oxygen atoms in total. The van der Waals surface area contributed by atoms with Crippen LogP contribution in [0.15, 0.2) is 36.4 Å². The SMILES string of the molecule is COc1ccccc1N1CCN(c2ccc3nnc(C(F)F)n3n2)CC1. The normalized spacial score (nSPS) is 15.1. The van der Waals surface area contributed by atoms with Crippen molar-refractivity contribution in [2.75, 3.05) is 43.1 Å². The number of rotatable bonds is 4. The molecule has 1 aliphatic heterocycles. The number of hydrogen-bond acceptors (Lipinski definition) is 6. The average Bonchev–Trinajstić information content (AvgIpc) is 3.11. The number of halogens is 2. The summed E-state index contributed by atoms with van der Waals surface area (Å²) >= 11 is 0. The van der Waals surface area contributed by atoms with Crippen molar-refractivity contribution >= 4 is 17.2 Å². The first-order valence-corrected chi connectivity index (χ1v) is 8.31. The van der Waals surface area contributed by atoms with Crippen molar-refractivity contribution in [3.8, 4) is 5.75 Å². The molecule has 2 aromatic heterocycles. The van der Waals surface area contributed by atoms with E-state index in [2.05, 4.69) is 25.1 Å². The number of nitrogens with zero attached hydrogens (tertiary/aromatic N) is 6. The highest BCUT2D eigenvalue weighted by Gasteiger charge is 2.22. The lowest BCUT2D eigenvalue weighted by molar-refractivity contribution is 0.137. The Balaban J connectivity index is 1.53. The van der Waals surface area contributed by atoms with Gasteiger partial charge in [-0.25, -0.2) is 8.78 Å². The fourth-order valence-corrected chi connectivity index (χ4v) is 3.17. The van der Waals surface area contributed by atoms with E-state index in [0.717, 1.165) is 42.1 Å². The van der Waals surface area contributed by atoms with Gasteiger partial charge in [0.2, 0.25) is 5.82 Å². The van der Waals surface area contributed by atoms with Crippen molar-refractivity contribution in [1.82, 2.24) is 19.8 Å². The molecule has 9 heteroatoms. The number of alkyl halides is 2. The van der Waals surface area contributed by atoms with E-state index >= 15 is 0 Å². The van der Waals surface area contributed by atoms with E-state index in [1.54, 1.807) is 19.2 Å². The van der Waals surface area contributed by atoms with E-state index in [0.29, 0.717) is 11.5 Å². The summed E-state index contributed by atoms with van der Waals surface area (Å²) in [6, 6.07) is 11.3.